The fourth-order valence-electron chi connectivity index (χ4n) is 1.92. The molecule has 0 amide bonds. The molecule has 0 fully saturated rings. The van der Waals surface area contributed by atoms with E-state index in [1.54, 1.807) is 13.2 Å². The number of halogens is 1. The summed E-state index contributed by atoms with van der Waals surface area (Å²) >= 11 is 0. The molecule has 2 N–H and O–H groups in total. The van der Waals surface area contributed by atoms with Crippen molar-refractivity contribution in [3.8, 4) is 5.75 Å². The fourth-order valence-corrected chi connectivity index (χ4v) is 1.92. The molecule has 1 rings (SSSR count). The lowest BCUT2D eigenvalue weighted by Gasteiger charge is -2.12. The Morgan fingerprint density at radius 1 is 1.20 bits per heavy atom. The standard InChI is InChI=1S/C18H29N3O3.HI/c1-4-11-24-17-9-7-6-8-16(17)15-21-18(19-5-2)20-10-12-23-14-13-22-3;/h4,6-9H,1,5,10-15H2,2-3H3,(H2,19,20,21);1H. The Balaban J connectivity index is 0.00000576. The zero-order valence-electron chi connectivity index (χ0n) is 15.1. The van der Waals surface area contributed by atoms with Crippen LogP contribution in [-0.4, -0.2) is 52.6 Å². The largest absolute Gasteiger partial charge is 0.489 e. The Labute approximate surface area is 168 Å². The number of para-hydroxylation sites is 1. The van der Waals surface area contributed by atoms with Gasteiger partial charge in [0.1, 0.15) is 12.4 Å². The predicted molar refractivity (Wildman–Crippen MR) is 113 cm³/mol. The third-order valence-corrected chi connectivity index (χ3v) is 3.05. The highest BCUT2D eigenvalue weighted by Crippen LogP contribution is 2.18. The average Bonchev–Trinajstić information content (AvgIpc) is 2.61. The lowest BCUT2D eigenvalue weighted by Crippen LogP contribution is -2.39. The van der Waals surface area contributed by atoms with Crippen molar-refractivity contribution in [2.24, 2.45) is 4.99 Å². The van der Waals surface area contributed by atoms with Gasteiger partial charge in [0, 0.05) is 25.8 Å². The molecule has 0 aromatic heterocycles. The van der Waals surface area contributed by atoms with Crippen molar-refractivity contribution in [3.63, 3.8) is 0 Å². The number of aliphatic imine (C=N–C) groups is 1. The maximum absolute atomic E-state index is 5.65. The van der Waals surface area contributed by atoms with Crippen LogP contribution < -0.4 is 15.4 Å². The number of benzene rings is 1. The molecule has 7 heteroatoms. The Hall–Kier alpha value is -1.32. The molecular formula is C18H30IN3O3. The molecule has 25 heavy (non-hydrogen) atoms. The molecule has 1 aromatic rings. The molecule has 0 aliphatic rings. The third-order valence-electron chi connectivity index (χ3n) is 3.05. The highest BCUT2D eigenvalue weighted by atomic mass is 127. The number of methoxy groups -OCH3 is 1. The van der Waals surface area contributed by atoms with E-state index in [0.717, 1.165) is 23.8 Å². The van der Waals surface area contributed by atoms with Gasteiger partial charge in [-0.25, -0.2) is 4.99 Å². The summed E-state index contributed by atoms with van der Waals surface area (Å²) in [4.78, 5) is 4.59. The van der Waals surface area contributed by atoms with Crippen molar-refractivity contribution in [2.75, 3.05) is 46.6 Å². The zero-order valence-corrected chi connectivity index (χ0v) is 17.5. The summed E-state index contributed by atoms with van der Waals surface area (Å²) in [6, 6.07) is 7.89. The fraction of sp³-hybridized carbons (Fsp3) is 0.500. The molecule has 0 aliphatic heterocycles. The van der Waals surface area contributed by atoms with Crippen molar-refractivity contribution >= 4 is 29.9 Å². The van der Waals surface area contributed by atoms with Gasteiger partial charge in [0.15, 0.2) is 5.96 Å². The molecule has 0 heterocycles. The highest BCUT2D eigenvalue weighted by molar-refractivity contribution is 14.0. The van der Waals surface area contributed by atoms with Crippen LogP contribution in [0.3, 0.4) is 0 Å². The van der Waals surface area contributed by atoms with E-state index in [9.17, 15) is 0 Å². The van der Waals surface area contributed by atoms with Crippen molar-refractivity contribution in [1.82, 2.24) is 10.6 Å². The van der Waals surface area contributed by atoms with E-state index in [1.165, 1.54) is 0 Å². The smallest absolute Gasteiger partial charge is 0.191 e. The van der Waals surface area contributed by atoms with E-state index in [0.29, 0.717) is 39.5 Å². The summed E-state index contributed by atoms with van der Waals surface area (Å²) in [7, 11) is 1.66. The maximum Gasteiger partial charge on any atom is 0.191 e. The summed E-state index contributed by atoms with van der Waals surface area (Å²) < 4.78 is 16.0. The summed E-state index contributed by atoms with van der Waals surface area (Å²) in [6.07, 6.45) is 1.73. The minimum absolute atomic E-state index is 0. The van der Waals surface area contributed by atoms with Gasteiger partial charge >= 0.3 is 0 Å². The van der Waals surface area contributed by atoms with Gasteiger partial charge in [0.25, 0.3) is 0 Å². The predicted octanol–water partition coefficient (Wildman–Crippen LogP) is 2.59. The minimum Gasteiger partial charge on any atom is -0.489 e. The normalized spacial score (nSPS) is 10.7. The summed E-state index contributed by atoms with van der Waals surface area (Å²) in [5.74, 6) is 1.59. The SMILES string of the molecule is C=CCOc1ccccc1CN=C(NCC)NCCOCCOC.I. The number of hydrogen-bond donors (Lipinski definition) is 2. The van der Waals surface area contributed by atoms with E-state index >= 15 is 0 Å². The van der Waals surface area contributed by atoms with Gasteiger partial charge in [-0.1, -0.05) is 30.9 Å². The zero-order chi connectivity index (χ0) is 17.5. The first-order valence-electron chi connectivity index (χ1n) is 8.22. The molecule has 0 saturated carbocycles. The summed E-state index contributed by atoms with van der Waals surface area (Å²) in [6.45, 7) is 10.0. The van der Waals surface area contributed by atoms with Crippen LogP contribution in [0.1, 0.15) is 12.5 Å². The number of nitrogens with zero attached hydrogens (tertiary/aromatic N) is 1. The van der Waals surface area contributed by atoms with Crippen LogP contribution in [0, 0.1) is 0 Å². The quantitative estimate of drug-likeness (QED) is 0.164. The van der Waals surface area contributed by atoms with Gasteiger partial charge in [0.2, 0.25) is 0 Å². The number of rotatable bonds is 12. The second-order valence-corrected chi connectivity index (χ2v) is 4.93. The minimum atomic E-state index is 0. The molecule has 0 atom stereocenters. The van der Waals surface area contributed by atoms with Crippen molar-refractivity contribution in [1.29, 1.82) is 0 Å². The van der Waals surface area contributed by atoms with Crippen LogP contribution >= 0.6 is 24.0 Å². The van der Waals surface area contributed by atoms with Crippen LogP contribution in [0.2, 0.25) is 0 Å². The number of ether oxygens (including phenoxy) is 3. The van der Waals surface area contributed by atoms with Crippen molar-refractivity contribution < 1.29 is 14.2 Å². The van der Waals surface area contributed by atoms with Gasteiger partial charge in [0.05, 0.1) is 26.4 Å². The Morgan fingerprint density at radius 3 is 2.72 bits per heavy atom. The number of guanidine groups is 1. The van der Waals surface area contributed by atoms with Gasteiger partial charge < -0.3 is 24.8 Å². The first kappa shape index (κ1) is 23.7. The topological polar surface area (TPSA) is 64.1 Å². The number of nitrogens with one attached hydrogen (secondary N) is 2. The molecule has 0 aliphatic carbocycles. The first-order valence-corrected chi connectivity index (χ1v) is 8.22. The van der Waals surface area contributed by atoms with E-state index < -0.39 is 0 Å². The lowest BCUT2D eigenvalue weighted by atomic mass is 10.2. The molecule has 0 bridgehead atoms. The molecule has 0 radical (unpaired) electrons. The Bertz CT molecular complexity index is 498. The summed E-state index contributed by atoms with van der Waals surface area (Å²) in [5.41, 5.74) is 1.04. The molecular weight excluding hydrogens is 433 g/mol. The summed E-state index contributed by atoms with van der Waals surface area (Å²) in [5, 5.41) is 6.47. The molecule has 0 saturated heterocycles. The molecule has 1 aromatic carbocycles. The van der Waals surface area contributed by atoms with E-state index in [2.05, 4.69) is 22.2 Å². The van der Waals surface area contributed by atoms with Crippen molar-refractivity contribution in [3.05, 3.63) is 42.5 Å². The van der Waals surface area contributed by atoms with Crippen LogP contribution in [0.4, 0.5) is 0 Å². The second-order valence-electron chi connectivity index (χ2n) is 4.93. The second kappa shape index (κ2) is 16.2. The third kappa shape index (κ3) is 11.0. The van der Waals surface area contributed by atoms with Gasteiger partial charge in [-0.3, -0.25) is 0 Å². The van der Waals surface area contributed by atoms with Crippen LogP contribution in [-0.2, 0) is 16.0 Å². The number of hydrogen-bond acceptors (Lipinski definition) is 4. The van der Waals surface area contributed by atoms with Gasteiger partial charge in [-0.15, -0.1) is 24.0 Å². The average molecular weight is 463 g/mol. The first-order chi connectivity index (χ1) is 11.8. The van der Waals surface area contributed by atoms with Crippen LogP contribution in [0.5, 0.6) is 5.75 Å². The maximum atomic E-state index is 5.65. The molecule has 6 nitrogen and oxygen atoms in total. The van der Waals surface area contributed by atoms with Gasteiger partial charge in [-0.2, -0.15) is 0 Å². The molecule has 142 valence electrons. The Morgan fingerprint density at radius 2 is 2.00 bits per heavy atom. The molecule has 0 spiro atoms. The highest BCUT2D eigenvalue weighted by Gasteiger charge is 2.03. The lowest BCUT2D eigenvalue weighted by molar-refractivity contribution is 0.0733. The van der Waals surface area contributed by atoms with Crippen LogP contribution in [0.15, 0.2) is 41.9 Å². The van der Waals surface area contributed by atoms with Crippen LogP contribution in [0.25, 0.3) is 0 Å². The van der Waals surface area contributed by atoms with Gasteiger partial charge in [-0.05, 0) is 13.0 Å². The van der Waals surface area contributed by atoms with E-state index in [-0.39, 0.29) is 24.0 Å². The monoisotopic (exact) mass is 463 g/mol. The van der Waals surface area contributed by atoms with Crippen molar-refractivity contribution in [2.45, 2.75) is 13.5 Å². The Kier molecular flexibility index (Phi) is 15.3. The molecule has 0 unspecified atom stereocenters. The van der Waals surface area contributed by atoms with E-state index in [4.69, 9.17) is 14.2 Å². The van der Waals surface area contributed by atoms with E-state index in [1.807, 2.05) is 31.2 Å².